The van der Waals surface area contributed by atoms with E-state index in [1.165, 1.54) is 6.08 Å². The Balaban J connectivity index is 1.74. The van der Waals surface area contributed by atoms with Crippen LogP contribution in [-0.2, 0) is 16.0 Å². The third-order valence-electron chi connectivity index (χ3n) is 4.78. The van der Waals surface area contributed by atoms with E-state index in [4.69, 9.17) is 9.26 Å². The summed E-state index contributed by atoms with van der Waals surface area (Å²) in [7, 11) is 0. The van der Waals surface area contributed by atoms with Crippen molar-refractivity contribution in [1.29, 1.82) is 0 Å². The summed E-state index contributed by atoms with van der Waals surface area (Å²) in [5.74, 6) is 0.381. The summed E-state index contributed by atoms with van der Waals surface area (Å²) >= 11 is 0. The molecule has 29 heavy (non-hydrogen) atoms. The van der Waals surface area contributed by atoms with Crippen LogP contribution < -0.4 is 0 Å². The fourth-order valence-electron chi connectivity index (χ4n) is 3.21. The maximum Gasteiger partial charge on any atom is 0.306 e. The molecule has 1 unspecified atom stereocenters. The first-order chi connectivity index (χ1) is 14.0. The molecule has 1 aromatic heterocycles. The zero-order valence-electron chi connectivity index (χ0n) is 16.7. The van der Waals surface area contributed by atoms with Gasteiger partial charge in [0.2, 0.25) is 0 Å². The molecule has 0 fully saturated rings. The van der Waals surface area contributed by atoms with Crippen LogP contribution >= 0.6 is 0 Å². The maximum absolute atomic E-state index is 11.5. The van der Waals surface area contributed by atoms with Gasteiger partial charge in [-0.1, -0.05) is 59.8 Å². The van der Waals surface area contributed by atoms with Crippen LogP contribution in [0.3, 0.4) is 0 Å². The number of benzene rings is 2. The van der Waals surface area contributed by atoms with E-state index in [2.05, 4.69) is 11.7 Å². The lowest BCUT2D eigenvalue weighted by atomic mass is 9.98. The minimum Gasteiger partial charge on any atom is -0.466 e. The standard InChI is InChI=1S/C24H25NO4/c1-4-21(26)23-16(3)25-29-24(23)20-13-11-19(12-14-20)18-9-6-17(7-10-18)8-15-22(27)28-5-2/h4,6-7,9-14,21,26H,1,5,8,15H2,2-3H3. The number of carbonyl (C=O) groups excluding carboxylic acids is 1. The van der Waals surface area contributed by atoms with Crippen LogP contribution in [0.15, 0.2) is 65.7 Å². The van der Waals surface area contributed by atoms with Gasteiger partial charge in [-0.15, -0.1) is 6.58 Å². The Kier molecular flexibility index (Phi) is 6.62. The van der Waals surface area contributed by atoms with Gasteiger partial charge in [0, 0.05) is 12.0 Å². The van der Waals surface area contributed by atoms with Crippen LogP contribution in [0.4, 0.5) is 0 Å². The maximum atomic E-state index is 11.5. The van der Waals surface area contributed by atoms with Crippen LogP contribution in [0.2, 0.25) is 0 Å². The molecule has 2 aromatic carbocycles. The molecular weight excluding hydrogens is 366 g/mol. The van der Waals surface area contributed by atoms with Crippen molar-refractivity contribution in [2.75, 3.05) is 6.61 Å². The summed E-state index contributed by atoms with van der Waals surface area (Å²) in [5, 5.41) is 14.1. The number of hydrogen-bond acceptors (Lipinski definition) is 5. The van der Waals surface area contributed by atoms with Crippen molar-refractivity contribution in [1.82, 2.24) is 5.16 Å². The predicted octanol–water partition coefficient (Wildman–Crippen LogP) is 5.03. The van der Waals surface area contributed by atoms with E-state index in [0.717, 1.165) is 22.3 Å². The lowest BCUT2D eigenvalue weighted by Crippen LogP contribution is -2.05. The fourth-order valence-corrected chi connectivity index (χ4v) is 3.21. The van der Waals surface area contributed by atoms with E-state index in [9.17, 15) is 9.90 Å². The van der Waals surface area contributed by atoms with Crippen LogP contribution in [0.25, 0.3) is 22.5 Å². The van der Waals surface area contributed by atoms with Crippen molar-refractivity contribution in [2.24, 2.45) is 0 Å². The molecule has 0 bridgehead atoms. The van der Waals surface area contributed by atoms with Gasteiger partial charge in [0.05, 0.1) is 17.9 Å². The largest absolute Gasteiger partial charge is 0.466 e. The van der Waals surface area contributed by atoms with E-state index in [0.29, 0.717) is 36.5 Å². The van der Waals surface area contributed by atoms with E-state index < -0.39 is 6.10 Å². The molecule has 1 N–H and O–H groups in total. The zero-order chi connectivity index (χ0) is 20.8. The Morgan fingerprint density at radius 3 is 2.31 bits per heavy atom. The summed E-state index contributed by atoms with van der Waals surface area (Å²) in [6.07, 6.45) is 1.69. The minimum absolute atomic E-state index is 0.171. The van der Waals surface area contributed by atoms with Gasteiger partial charge >= 0.3 is 5.97 Å². The number of carbonyl (C=O) groups is 1. The number of aliphatic hydroxyl groups excluding tert-OH is 1. The van der Waals surface area contributed by atoms with Crippen molar-refractivity contribution < 1.29 is 19.2 Å². The second kappa shape index (κ2) is 9.34. The quantitative estimate of drug-likeness (QED) is 0.431. The Labute approximate surface area is 170 Å². The molecule has 1 heterocycles. The number of aryl methyl sites for hydroxylation is 2. The first-order valence-corrected chi connectivity index (χ1v) is 9.65. The topological polar surface area (TPSA) is 72.6 Å². The molecule has 0 aliphatic rings. The number of nitrogens with zero attached hydrogens (tertiary/aromatic N) is 1. The first-order valence-electron chi connectivity index (χ1n) is 9.65. The number of aliphatic hydroxyl groups is 1. The third kappa shape index (κ3) is 4.81. The monoisotopic (exact) mass is 391 g/mol. The average Bonchev–Trinajstić information content (AvgIpc) is 3.14. The molecule has 0 saturated carbocycles. The van der Waals surface area contributed by atoms with Crippen LogP contribution in [0.1, 0.15) is 36.3 Å². The van der Waals surface area contributed by atoms with E-state index >= 15 is 0 Å². The lowest BCUT2D eigenvalue weighted by molar-refractivity contribution is -0.143. The normalized spacial score (nSPS) is 11.8. The van der Waals surface area contributed by atoms with Crippen molar-refractivity contribution in [3.05, 3.63) is 78.0 Å². The van der Waals surface area contributed by atoms with Crippen LogP contribution in [0, 0.1) is 6.92 Å². The highest BCUT2D eigenvalue weighted by Crippen LogP contribution is 2.32. The van der Waals surface area contributed by atoms with Crippen LogP contribution in [-0.4, -0.2) is 22.8 Å². The van der Waals surface area contributed by atoms with Gasteiger partial charge in [-0.3, -0.25) is 4.79 Å². The smallest absolute Gasteiger partial charge is 0.306 e. The summed E-state index contributed by atoms with van der Waals surface area (Å²) in [5.41, 5.74) is 5.37. The van der Waals surface area contributed by atoms with E-state index in [1.54, 1.807) is 6.92 Å². The Hall–Kier alpha value is -3.18. The third-order valence-corrected chi connectivity index (χ3v) is 4.78. The van der Waals surface area contributed by atoms with Gasteiger partial charge in [-0.2, -0.15) is 0 Å². The molecule has 0 aliphatic heterocycles. The Morgan fingerprint density at radius 1 is 1.14 bits per heavy atom. The van der Waals surface area contributed by atoms with E-state index in [-0.39, 0.29) is 5.97 Å². The number of hydrogen-bond donors (Lipinski definition) is 1. The molecule has 0 spiro atoms. The molecular formula is C24H25NO4. The van der Waals surface area contributed by atoms with Gasteiger partial charge in [0.15, 0.2) is 5.76 Å². The highest BCUT2D eigenvalue weighted by Gasteiger charge is 2.20. The molecule has 0 radical (unpaired) electrons. The van der Waals surface area contributed by atoms with Gasteiger partial charge in [0.25, 0.3) is 0 Å². The van der Waals surface area contributed by atoms with Crippen molar-refractivity contribution in [3.8, 4) is 22.5 Å². The molecule has 150 valence electrons. The van der Waals surface area contributed by atoms with Gasteiger partial charge in [-0.25, -0.2) is 0 Å². The molecule has 0 amide bonds. The highest BCUT2D eigenvalue weighted by atomic mass is 16.5. The summed E-state index contributed by atoms with van der Waals surface area (Å²) in [6, 6.07) is 16.0. The first kappa shape index (κ1) is 20.6. The zero-order valence-corrected chi connectivity index (χ0v) is 16.7. The van der Waals surface area contributed by atoms with Gasteiger partial charge in [0.1, 0.15) is 6.10 Å². The SMILES string of the molecule is C=CC(O)c1c(C)noc1-c1ccc(-c2ccc(CCC(=O)OCC)cc2)cc1. The molecule has 1 atom stereocenters. The molecule has 5 nitrogen and oxygen atoms in total. The number of ether oxygens (including phenoxy) is 1. The second-order valence-corrected chi connectivity index (χ2v) is 6.77. The van der Waals surface area contributed by atoms with Crippen LogP contribution in [0.5, 0.6) is 0 Å². The fraction of sp³-hybridized carbons (Fsp3) is 0.250. The number of esters is 1. The Morgan fingerprint density at radius 2 is 1.72 bits per heavy atom. The predicted molar refractivity (Wildman–Crippen MR) is 112 cm³/mol. The molecule has 0 aliphatic carbocycles. The van der Waals surface area contributed by atoms with Crippen molar-refractivity contribution in [3.63, 3.8) is 0 Å². The van der Waals surface area contributed by atoms with Crippen molar-refractivity contribution in [2.45, 2.75) is 32.8 Å². The molecule has 0 saturated heterocycles. The minimum atomic E-state index is -0.821. The number of aromatic nitrogens is 1. The second-order valence-electron chi connectivity index (χ2n) is 6.77. The summed E-state index contributed by atoms with van der Waals surface area (Å²) in [4.78, 5) is 11.5. The lowest BCUT2D eigenvalue weighted by Gasteiger charge is -2.08. The van der Waals surface area contributed by atoms with E-state index in [1.807, 2.05) is 55.5 Å². The average molecular weight is 391 g/mol. The highest BCUT2D eigenvalue weighted by molar-refractivity contribution is 5.71. The summed E-state index contributed by atoms with van der Waals surface area (Å²) < 4.78 is 10.4. The molecule has 3 aromatic rings. The molecule has 3 rings (SSSR count). The van der Waals surface area contributed by atoms with Crippen molar-refractivity contribution >= 4 is 5.97 Å². The number of rotatable bonds is 8. The summed E-state index contributed by atoms with van der Waals surface area (Å²) in [6.45, 7) is 7.66. The molecule has 5 heteroatoms. The Bertz CT molecular complexity index is 971. The van der Waals surface area contributed by atoms with Gasteiger partial charge in [-0.05, 0) is 37.0 Å². The van der Waals surface area contributed by atoms with Gasteiger partial charge < -0.3 is 14.4 Å².